The topological polar surface area (TPSA) is 62.3 Å². The van der Waals surface area contributed by atoms with Crippen molar-refractivity contribution in [3.05, 3.63) is 40.3 Å². The zero-order chi connectivity index (χ0) is 15.6. The first-order chi connectivity index (χ1) is 10.6. The largest absolute Gasteiger partial charge is 0.374 e. The standard InChI is InChI=1S/C15H19N3O2S2/c1-18-9-2-3-12-4-5-13(11-14(12)18)22(19,20)17-7-6-15-16-8-10-21-15/h4-5,8,10-11,17H,2-3,6-7,9H2,1H3. The highest BCUT2D eigenvalue weighted by Gasteiger charge is 2.19. The molecule has 1 aliphatic rings. The van der Waals surface area contributed by atoms with E-state index >= 15 is 0 Å². The highest BCUT2D eigenvalue weighted by Crippen LogP contribution is 2.28. The fourth-order valence-electron chi connectivity index (χ4n) is 2.66. The van der Waals surface area contributed by atoms with Crippen molar-refractivity contribution in [2.45, 2.75) is 24.2 Å². The van der Waals surface area contributed by atoms with E-state index in [-0.39, 0.29) is 0 Å². The number of nitrogens with one attached hydrogen (secondary N) is 1. The van der Waals surface area contributed by atoms with Crippen molar-refractivity contribution in [1.82, 2.24) is 9.71 Å². The number of hydrogen-bond acceptors (Lipinski definition) is 5. The summed E-state index contributed by atoms with van der Waals surface area (Å²) in [6.07, 6.45) is 4.47. The summed E-state index contributed by atoms with van der Waals surface area (Å²) in [5.41, 5.74) is 2.24. The third-order valence-corrected chi connectivity index (χ3v) is 6.13. The van der Waals surface area contributed by atoms with Crippen molar-refractivity contribution in [2.75, 3.05) is 25.0 Å². The number of aromatic nitrogens is 1. The number of thiazole rings is 1. The molecule has 2 aromatic rings. The minimum atomic E-state index is -3.47. The van der Waals surface area contributed by atoms with Crippen LogP contribution in [0, 0.1) is 0 Å². The van der Waals surface area contributed by atoms with Crippen molar-refractivity contribution >= 4 is 27.0 Å². The molecule has 1 N–H and O–H groups in total. The zero-order valence-corrected chi connectivity index (χ0v) is 14.1. The van der Waals surface area contributed by atoms with Crippen molar-refractivity contribution < 1.29 is 8.42 Å². The molecule has 2 heterocycles. The maximum atomic E-state index is 12.4. The molecule has 0 saturated carbocycles. The van der Waals surface area contributed by atoms with Gasteiger partial charge in [-0.3, -0.25) is 0 Å². The fourth-order valence-corrected chi connectivity index (χ4v) is 4.33. The second-order valence-corrected chi connectivity index (χ2v) is 8.14. The smallest absolute Gasteiger partial charge is 0.240 e. The van der Waals surface area contributed by atoms with Crippen LogP contribution in [0.15, 0.2) is 34.7 Å². The number of benzene rings is 1. The molecule has 0 spiro atoms. The van der Waals surface area contributed by atoms with E-state index in [4.69, 9.17) is 0 Å². The van der Waals surface area contributed by atoms with E-state index in [9.17, 15) is 8.42 Å². The molecule has 0 saturated heterocycles. The molecule has 0 fully saturated rings. The van der Waals surface area contributed by atoms with Crippen LogP contribution in [-0.4, -0.2) is 33.5 Å². The number of aryl methyl sites for hydroxylation is 1. The van der Waals surface area contributed by atoms with Crippen LogP contribution in [0.1, 0.15) is 17.0 Å². The number of nitrogens with zero attached hydrogens (tertiary/aromatic N) is 2. The molecule has 3 rings (SSSR count). The Hall–Kier alpha value is -1.44. The molecule has 22 heavy (non-hydrogen) atoms. The summed E-state index contributed by atoms with van der Waals surface area (Å²) < 4.78 is 27.5. The molecule has 0 unspecified atom stereocenters. The first-order valence-corrected chi connectivity index (χ1v) is 9.65. The summed E-state index contributed by atoms with van der Waals surface area (Å²) in [5, 5.41) is 2.83. The molecule has 1 aliphatic heterocycles. The van der Waals surface area contributed by atoms with Gasteiger partial charge in [-0.25, -0.2) is 18.1 Å². The highest BCUT2D eigenvalue weighted by molar-refractivity contribution is 7.89. The lowest BCUT2D eigenvalue weighted by atomic mass is 10.0. The van der Waals surface area contributed by atoms with Gasteiger partial charge in [-0.2, -0.15) is 0 Å². The Labute approximate surface area is 135 Å². The summed E-state index contributed by atoms with van der Waals surface area (Å²) in [6.45, 7) is 1.33. The van der Waals surface area contributed by atoms with E-state index in [1.807, 2.05) is 18.5 Å². The number of rotatable bonds is 5. The van der Waals surface area contributed by atoms with Gasteiger partial charge in [0.05, 0.1) is 9.90 Å². The van der Waals surface area contributed by atoms with Crippen molar-refractivity contribution in [1.29, 1.82) is 0 Å². The van der Waals surface area contributed by atoms with Gasteiger partial charge in [0.15, 0.2) is 0 Å². The van der Waals surface area contributed by atoms with Gasteiger partial charge in [-0.05, 0) is 30.5 Å². The number of anilines is 1. The quantitative estimate of drug-likeness (QED) is 0.907. The Morgan fingerprint density at radius 1 is 1.41 bits per heavy atom. The fraction of sp³-hybridized carbons (Fsp3) is 0.400. The molecule has 0 amide bonds. The van der Waals surface area contributed by atoms with Gasteiger partial charge < -0.3 is 4.90 Å². The summed E-state index contributed by atoms with van der Waals surface area (Å²) in [7, 11) is -1.47. The number of hydrogen-bond donors (Lipinski definition) is 1. The van der Waals surface area contributed by atoms with E-state index in [1.54, 1.807) is 18.3 Å². The average Bonchev–Trinajstić information content (AvgIpc) is 3.00. The predicted octanol–water partition coefficient (Wildman–Crippen LogP) is 2.05. The van der Waals surface area contributed by atoms with E-state index in [1.165, 1.54) is 16.9 Å². The normalized spacial score (nSPS) is 14.9. The molecular formula is C15H19N3O2S2. The maximum Gasteiger partial charge on any atom is 0.240 e. The summed E-state index contributed by atoms with van der Waals surface area (Å²) >= 11 is 1.54. The SMILES string of the molecule is CN1CCCc2ccc(S(=O)(=O)NCCc3nccs3)cc21. The minimum Gasteiger partial charge on any atom is -0.374 e. The van der Waals surface area contributed by atoms with E-state index in [0.717, 1.165) is 30.1 Å². The maximum absolute atomic E-state index is 12.4. The zero-order valence-electron chi connectivity index (χ0n) is 12.4. The molecule has 1 aromatic heterocycles. The third-order valence-electron chi connectivity index (χ3n) is 3.83. The monoisotopic (exact) mass is 337 g/mol. The van der Waals surface area contributed by atoms with Crippen LogP contribution in [0.3, 0.4) is 0 Å². The van der Waals surface area contributed by atoms with Crippen LogP contribution < -0.4 is 9.62 Å². The van der Waals surface area contributed by atoms with Gasteiger partial charge in [0.1, 0.15) is 0 Å². The lowest BCUT2D eigenvalue weighted by Gasteiger charge is -2.27. The Morgan fingerprint density at radius 3 is 3.05 bits per heavy atom. The molecule has 118 valence electrons. The molecule has 5 nitrogen and oxygen atoms in total. The third kappa shape index (κ3) is 3.31. The minimum absolute atomic E-state index is 0.333. The molecule has 0 atom stereocenters. The van der Waals surface area contributed by atoms with Gasteiger partial charge in [-0.15, -0.1) is 11.3 Å². The van der Waals surface area contributed by atoms with Crippen LogP contribution in [0.25, 0.3) is 0 Å². The van der Waals surface area contributed by atoms with Gasteiger partial charge in [-0.1, -0.05) is 6.07 Å². The lowest BCUT2D eigenvalue weighted by molar-refractivity contribution is 0.581. The molecule has 0 radical (unpaired) electrons. The van der Waals surface area contributed by atoms with E-state index < -0.39 is 10.0 Å². The molecular weight excluding hydrogens is 318 g/mol. The van der Waals surface area contributed by atoms with Crippen LogP contribution in [0.2, 0.25) is 0 Å². The molecule has 0 bridgehead atoms. The van der Waals surface area contributed by atoms with Crippen LogP contribution in [-0.2, 0) is 22.9 Å². The Balaban J connectivity index is 1.73. The number of sulfonamides is 1. The second kappa shape index (κ2) is 6.36. The Morgan fingerprint density at radius 2 is 2.27 bits per heavy atom. The summed E-state index contributed by atoms with van der Waals surface area (Å²) in [5.74, 6) is 0. The Kier molecular flexibility index (Phi) is 4.46. The van der Waals surface area contributed by atoms with Gasteiger partial charge in [0, 0.05) is 43.8 Å². The summed E-state index contributed by atoms with van der Waals surface area (Å²) in [6, 6.07) is 5.41. The predicted molar refractivity (Wildman–Crippen MR) is 89.0 cm³/mol. The van der Waals surface area contributed by atoms with Crippen LogP contribution in [0.5, 0.6) is 0 Å². The van der Waals surface area contributed by atoms with E-state index in [0.29, 0.717) is 17.9 Å². The molecule has 1 aromatic carbocycles. The van der Waals surface area contributed by atoms with Gasteiger partial charge in [0.25, 0.3) is 0 Å². The molecule has 0 aliphatic carbocycles. The first-order valence-electron chi connectivity index (χ1n) is 7.28. The Bertz CT molecular complexity index is 742. The summed E-state index contributed by atoms with van der Waals surface area (Å²) in [4.78, 5) is 6.60. The van der Waals surface area contributed by atoms with Crippen molar-refractivity contribution in [3.8, 4) is 0 Å². The number of fused-ring (bicyclic) bond motifs is 1. The van der Waals surface area contributed by atoms with Crippen LogP contribution in [0.4, 0.5) is 5.69 Å². The van der Waals surface area contributed by atoms with E-state index in [2.05, 4.69) is 14.6 Å². The lowest BCUT2D eigenvalue weighted by Crippen LogP contribution is -2.28. The first kappa shape index (κ1) is 15.5. The van der Waals surface area contributed by atoms with Crippen molar-refractivity contribution in [3.63, 3.8) is 0 Å². The van der Waals surface area contributed by atoms with Crippen LogP contribution >= 0.6 is 11.3 Å². The van der Waals surface area contributed by atoms with Gasteiger partial charge in [0.2, 0.25) is 10.0 Å². The van der Waals surface area contributed by atoms with Crippen molar-refractivity contribution in [2.24, 2.45) is 0 Å². The highest BCUT2D eigenvalue weighted by atomic mass is 32.2. The molecule has 7 heteroatoms. The second-order valence-electron chi connectivity index (χ2n) is 5.39. The van der Waals surface area contributed by atoms with Gasteiger partial charge >= 0.3 is 0 Å². The average molecular weight is 337 g/mol.